The molecule has 1 aromatic heterocycles. The maximum atomic E-state index is 12.0. The number of rotatable bonds is 5. The molecule has 2 N–H and O–H groups in total. The molecule has 0 unspecified atom stereocenters. The molecule has 0 aliphatic heterocycles. The van der Waals surface area contributed by atoms with Crippen LogP contribution in [0.15, 0.2) is 42.9 Å². The summed E-state index contributed by atoms with van der Waals surface area (Å²) in [7, 11) is 1.67. The number of aromatic nitrogens is 2. The van der Waals surface area contributed by atoms with E-state index in [4.69, 9.17) is 4.74 Å². The lowest BCUT2D eigenvalue weighted by Gasteiger charge is -2.19. The minimum absolute atomic E-state index is 0.0215. The molecule has 1 aliphatic carbocycles. The molecular formula is C16H18N4O2. The summed E-state index contributed by atoms with van der Waals surface area (Å²) in [5.41, 5.74) is 1.13. The Balaban J connectivity index is 1.62. The molecule has 3 rings (SSSR count). The first-order valence-corrected chi connectivity index (χ1v) is 7.18. The van der Waals surface area contributed by atoms with Crippen LogP contribution in [0.5, 0.6) is 5.75 Å². The summed E-state index contributed by atoms with van der Waals surface area (Å²) < 4.78 is 5.43. The Morgan fingerprint density at radius 1 is 1.32 bits per heavy atom. The van der Waals surface area contributed by atoms with E-state index in [9.17, 15) is 4.79 Å². The molecule has 2 aromatic rings. The van der Waals surface area contributed by atoms with Gasteiger partial charge in [0, 0.05) is 29.9 Å². The molecule has 0 bridgehead atoms. The SMILES string of the molecule is COc1ccccc1C1(CNC(=O)Nc2cnccn2)CC1. The van der Waals surface area contributed by atoms with Crippen molar-refractivity contribution in [1.29, 1.82) is 0 Å². The minimum atomic E-state index is -0.276. The van der Waals surface area contributed by atoms with Gasteiger partial charge >= 0.3 is 6.03 Å². The predicted molar refractivity (Wildman–Crippen MR) is 83.0 cm³/mol. The van der Waals surface area contributed by atoms with E-state index < -0.39 is 0 Å². The van der Waals surface area contributed by atoms with Crippen molar-refractivity contribution < 1.29 is 9.53 Å². The second kappa shape index (κ2) is 6.01. The van der Waals surface area contributed by atoms with Crippen LogP contribution in [0.25, 0.3) is 0 Å². The maximum Gasteiger partial charge on any atom is 0.320 e. The largest absolute Gasteiger partial charge is 0.496 e. The van der Waals surface area contributed by atoms with E-state index in [1.807, 2.05) is 18.2 Å². The second-order valence-corrected chi connectivity index (χ2v) is 5.38. The number of para-hydroxylation sites is 1. The lowest BCUT2D eigenvalue weighted by Crippen LogP contribution is -2.35. The van der Waals surface area contributed by atoms with Crippen molar-refractivity contribution in [1.82, 2.24) is 15.3 Å². The molecule has 2 amide bonds. The monoisotopic (exact) mass is 298 g/mol. The Labute approximate surface area is 128 Å². The van der Waals surface area contributed by atoms with Crippen LogP contribution in [0, 0.1) is 0 Å². The molecule has 0 radical (unpaired) electrons. The molecular weight excluding hydrogens is 280 g/mol. The van der Waals surface area contributed by atoms with Crippen LogP contribution >= 0.6 is 0 Å². The Hall–Kier alpha value is -2.63. The number of nitrogens with zero attached hydrogens (tertiary/aromatic N) is 2. The van der Waals surface area contributed by atoms with E-state index in [1.165, 1.54) is 12.4 Å². The number of benzene rings is 1. The van der Waals surface area contributed by atoms with Gasteiger partial charge in [0.15, 0.2) is 5.82 Å². The molecule has 0 saturated heterocycles. The third-order valence-electron chi connectivity index (χ3n) is 3.92. The van der Waals surface area contributed by atoms with Gasteiger partial charge in [-0.3, -0.25) is 10.3 Å². The lowest BCUT2D eigenvalue weighted by atomic mass is 9.95. The van der Waals surface area contributed by atoms with E-state index in [0.29, 0.717) is 12.4 Å². The second-order valence-electron chi connectivity index (χ2n) is 5.38. The fourth-order valence-electron chi connectivity index (χ4n) is 2.55. The number of carbonyl (C=O) groups excluding carboxylic acids is 1. The summed E-state index contributed by atoms with van der Waals surface area (Å²) >= 11 is 0. The van der Waals surface area contributed by atoms with Gasteiger partial charge in [0.25, 0.3) is 0 Å². The number of hydrogen-bond donors (Lipinski definition) is 2. The van der Waals surface area contributed by atoms with Gasteiger partial charge in [-0.1, -0.05) is 18.2 Å². The van der Waals surface area contributed by atoms with Crippen LogP contribution in [-0.4, -0.2) is 29.7 Å². The predicted octanol–water partition coefficient (Wildman–Crippen LogP) is 2.34. The molecule has 0 atom stereocenters. The molecule has 0 spiro atoms. The van der Waals surface area contributed by atoms with Gasteiger partial charge in [0.2, 0.25) is 0 Å². The van der Waals surface area contributed by atoms with Gasteiger partial charge in [-0.05, 0) is 18.9 Å². The molecule has 6 heteroatoms. The molecule has 1 fully saturated rings. The average molecular weight is 298 g/mol. The van der Waals surface area contributed by atoms with Crippen LogP contribution in [0.4, 0.5) is 10.6 Å². The van der Waals surface area contributed by atoms with Crippen molar-refractivity contribution in [3.05, 3.63) is 48.4 Å². The third kappa shape index (κ3) is 3.00. The van der Waals surface area contributed by atoms with E-state index in [2.05, 4.69) is 26.7 Å². The number of anilines is 1. The van der Waals surface area contributed by atoms with Gasteiger partial charge < -0.3 is 10.1 Å². The minimum Gasteiger partial charge on any atom is -0.496 e. The summed E-state index contributed by atoms with van der Waals surface area (Å²) in [6.07, 6.45) is 6.68. The van der Waals surface area contributed by atoms with Crippen molar-refractivity contribution in [2.75, 3.05) is 19.0 Å². The van der Waals surface area contributed by atoms with Crippen molar-refractivity contribution in [3.8, 4) is 5.75 Å². The van der Waals surface area contributed by atoms with Gasteiger partial charge in [0.05, 0.1) is 13.3 Å². The van der Waals surface area contributed by atoms with Crippen molar-refractivity contribution in [3.63, 3.8) is 0 Å². The van der Waals surface area contributed by atoms with Crippen molar-refractivity contribution in [2.24, 2.45) is 0 Å². The zero-order chi connectivity index (χ0) is 15.4. The summed E-state index contributed by atoms with van der Waals surface area (Å²) in [5.74, 6) is 1.30. The third-order valence-corrected chi connectivity index (χ3v) is 3.92. The fraction of sp³-hybridized carbons (Fsp3) is 0.312. The number of urea groups is 1. The smallest absolute Gasteiger partial charge is 0.320 e. The number of carbonyl (C=O) groups is 1. The quantitative estimate of drug-likeness (QED) is 0.888. The first-order chi connectivity index (χ1) is 10.7. The highest BCUT2D eigenvalue weighted by Gasteiger charge is 2.46. The zero-order valence-corrected chi connectivity index (χ0v) is 12.4. The fourth-order valence-corrected chi connectivity index (χ4v) is 2.55. The summed E-state index contributed by atoms with van der Waals surface area (Å²) in [6.45, 7) is 0.569. The molecule has 1 aromatic carbocycles. The standard InChI is InChI=1S/C16H18N4O2/c1-22-13-5-3-2-4-12(13)16(6-7-16)11-19-15(21)20-14-10-17-8-9-18-14/h2-5,8-10H,6-7,11H2,1H3,(H2,18,19,20,21). The first kappa shape index (κ1) is 14.3. The highest BCUT2D eigenvalue weighted by molar-refractivity contribution is 5.88. The summed E-state index contributed by atoms with van der Waals surface area (Å²) in [6, 6.07) is 7.69. The maximum absolute atomic E-state index is 12.0. The zero-order valence-electron chi connectivity index (χ0n) is 12.4. The van der Waals surface area contributed by atoms with Crippen LogP contribution in [-0.2, 0) is 5.41 Å². The number of methoxy groups -OCH3 is 1. The number of amides is 2. The topological polar surface area (TPSA) is 76.1 Å². The molecule has 1 heterocycles. The Bertz CT molecular complexity index is 656. The van der Waals surface area contributed by atoms with E-state index in [-0.39, 0.29) is 11.4 Å². The number of hydrogen-bond acceptors (Lipinski definition) is 4. The van der Waals surface area contributed by atoms with Gasteiger partial charge in [-0.25, -0.2) is 9.78 Å². The number of ether oxygens (including phenoxy) is 1. The Kier molecular flexibility index (Phi) is 3.91. The molecule has 1 aliphatic rings. The summed E-state index contributed by atoms with van der Waals surface area (Å²) in [5, 5.41) is 5.58. The average Bonchev–Trinajstić information content (AvgIpc) is 3.35. The van der Waals surface area contributed by atoms with E-state index in [0.717, 1.165) is 24.2 Å². The van der Waals surface area contributed by atoms with Crippen LogP contribution in [0.1, 0.15) is 18.4 Å². The highest BCUT2D eigenvalue weighted by Crippen LogP contribution is 2.50. The van der Waals surface area contributed by atoms with Gasteiger partial charge in [-0.15, -0.1) is 0 Å². The molecule has 114 valence electrons. The molecule has 22 heavy (non-hydrogen) atoms. The van der Waals surface area contributed by atoms with Gasteiger partial charge in [-0.2, -0.15) is 0 Å². The summed E-state index contributed by atoms with van der Waals surface area (Å²) in [4.78, 5) is 19.9. The van der Waals surface area contributed by atoms with Crippen LogP contribution < -0.4 is 15.4 Å². The highest BCUT2D eigenvalue weighted by atomic mass is 16.5. The Morgan fingerprint density at radius 3 is 2.82 bits per heavy atom. The lowest BCUT2D eigenvalue weighted by molar-refractivity contribution is 0.251. The van der Waals surface area contributed by atoms with Crippen molar-refractivity contribution in [2.45, 2.75) is 18.3 Å². The molecule has 1 saturated carbocycles. The van der Waals surface area contributed by atoms with E-state index >= 15 is 0 Å². The molecule has 6 nitrogen and oxygen atoms in total. The van der Waals surface area contributed by atoms with Gasteiger partial charge in [0.1, 0.15) is 5.75 Å². The van der Waals surface area contributed by atoms with Crippen molar-refractivity contribution >= 4 is 11.8 Å². The van der Waals surface area contributed by atoms with Crippen LogP contribution in [0.2, 0.25) is 0 Å². The Morgan fingerprint density at radius 2 is 2.14 bits per heavy atom. The normalized spacial score (nSPS) is 15.0. The van der Waals surface area contributed by atoms with Crippen LogP contribution in [0.3, 0.4) is 0 Å². The first-order valence-electron chi connectivity index (χ1n) is 7.18. The number of nitrogens with one attached hydrogen (secondary N) is 2. The van der Waals surface area contributed by atoms with E-state index in [1.54, 1.807) is 13.3 Å².